The molecule has 180 valence electrons. The van der Waals surface area contributed by atoms with Gasteiger partial charge in [0.25, 0.3) is 0 Å². The molecule has 1 aliphatic rings. The van der Waals surface area contributed by atoms with Crippen molar-refractivity contribution in [2.75, 3.05) is 38.3 Å². The fraction of sp³-hybridized carbons (Fsp3) is 0.433. The summed E-state index contributed by atoms with van der Waals surface area (Å²) in [5, 5.41) is 0. The number of anilines is 1. The highest BCUT2D eigenvalue weighted by molar-refractivity contribution is 5.69. The van der Waals surface area contributed by atoms with Gasteiger partial charge in [-0.25, -0.2) is 0 Å². The number of nitrogens with zero attached hydrogens (tertiary/aromatic N) is 2. The number of rotatable bonds is 8. The molecule has 0 spiro atoms. The Balaban J connectivity index is 1.69. The van der Waals surface area contributed by atoms with Crippen LogP contribution in [-0.4, -0.2) is 38.4 Å². The van der Waals surface area contributed by atoms with E-state index in [-0.39, 0.29) is 0 Å². The van der Waals surface area contributed by atoms with Crippen LogP contribution in [0.5, 0.6) is 0 Å². The third-order valence-corrected chi connectivity index (χ3v) is 6.97. The first-order valence-electron chi connectivity index (χ1n) is 12.6. The van der Waals surface area contributed by atoms with Crippen molar-refractivity contribution in [2.45, 2.75) is 53.6 Å². The number of benzene rings is 2. The summed E-state index contributed by atoms with van der Waals surface area (Å²) in [7, 11) is 1.78. The highest BCUT2D eigenvalue weighted by Gasteiger charge is 2.17. The van der Waals surface area contributed by atoms with Crippen LogP contribution in [0.25, 0.3) is 11.3 Å². The molecule has 0 aliphatic carbocycles. The number of ether oxygens (including phenoxy) is 2. The minimum Gasteiger partial charge on any atom is -0.380 e. The van der Waals surface area contributed by atoms with Crippen molar-refractivity contribution in [1.82, 2.24) is 4.98 Å². The summed E-state index contributed by atoms with van der Waals surface area (Å²) in [6.07, 6.45) is 2.86. The molecule has 0 N–H and O–H groups in total. The minimum atomic E-state index is 0.590. The molecular weight excluding hydrogens is 420 g/mol. The number of pyridine rings is 1. The van der Waals surface area contributed by atoms with Gasteiger partial charge in [-0.05, 0) is 78.6 Å². The Hall–Kier alpha value is -2.69. The van der Waals surface area contributed by atoms with Crippen LogP contribution in [0.3, 0.4) is 0 Å². The SMILES string of the molecule is CCc1cccc(CC)c1-c1cc(COC)c(Cc2ccc(N3CCOCC3)c(C)c2)c(C)n1. The number of aromatic nitrogens is 1. The third-order valence-electron chi connectivity index (χ3n) is 6.97. The van der Waals surface area contributed by atoms with Gasteiger partial charge < -0.3 is 14.4 Å². The fourth-order valence-corrected chi connectivity index (χ4v) is 5.18. The van der Waals surface area contributed by atoms with Crippen LogP contribution >= 0.6 is 0 Å². The molecule has 0 saturated carbocycles. The van der Waals surface area contributed by atoms with Crippen molar-refractivity contribution in [3.8, 4) is 11.3 Å². The van der Waals surface area contributed by atoms with Gasteiger partial charge in [-0.2, -0.15) is 0 Å². The van der Waals surface area contributed by atoms with Crippen LogP contribution in [-0.2, 0) is 35.3 Å². The summed E-state index contributed by atoms with van der Waals surface area (Å²) in [6.45, 7) is 12.9. The molecule has 4 heteroatoms. The highest BCUT2D eigenvalue weighted by atomic mass is 16.5. The Labute approximate surface area is 204 Å². The first kappa shape index (κ1) is 24.4. The molecule has 0 amide bonds. The lowest BCUT2D eigenvalue weighted by Crippen LogP contribution is -2.36. The van der Waals surface area contributed by atoms with Gasteiger partial charge in [0.2, 0.25) is 0 Å². The van der Waals surface area contributed by atoms with Gasteiger partial charge in [-0.1, -0.05) is 44.2 Å². The van der Waals surface area contributed by atoms with Crippen LogP contribution in [0, 0.1) is 13.8 Å². The van der Waals surface area contributed by atoms with E-state index in [1.54, 1.807) is 7.11 Å². The number of methoxy groups -OCH3 is 1. The first-order chi connectivity index (χ1) is 16.5. The molecule has 0 bridgehead atoms. The molecule has 0 unspecified atom stereocenters. The van der Waals surface area contributed by atoms with Crippen molar-refractivity contribution >= 4 is 5.69 Å². The maximum atomic E-state index is 5.64. The topological polar surface area (TPSA) is 34.6 Å². The molecule has 4 nitrogen and oxygen atoms in total. The summed E-state index contributed by atoms with van der Waals surface area (Å²) in [5.41, 5.74) is 12.6. The molecule has 34 heavy (non-hydrogen) atoms. The van der Waals surface area contributed by atoms with Gasteiger partial charge in [0, 0.05) is 37.1 Å². The van der Waals surface area contributed by atoms with E-state index in [4.69, 9.17) is 14.5 Å². The average molecular weight is 459 g/mol. The third kappa shape index (κ3) is 5.18. The lowest BCUT2D eigenvalue weighted by atomic mass is 9.91. The second-order valence-corrected chi connectivity index (χ2v) is 9.22. The Kier molecular flexibility index (Phi) is 8.02. The van der Waals surface area contributed by atoms with Crippen LogP contribution in [0.2, 0.25) is 0 Å². The number of aryl methyl sites for hydroxylation is 4. The molecule has 1 saturated heterocycles. The smallest absolute Gasteiger partial charge is 0.0717 e. The molecule has 4 rings (SSSR count). The van der Waals surface area contributed by atoms with E-state index in [9.17, 15) is 0 Å². The molecular formula is C30H38N2O2. The predicted molar refractivity (Wildman–Crippen MR) is 141 cm³/mol. The van der Waals surface area contributed by atoms with Crippen molar-refractivity contribution in [2.24, 2.45) is 0 Å². The number of hydrogen-bond donors (Lipinski definition) is 0. The molecule has 2 heterocycles. The molecule has 2 aromatic carbocycles. The molecule has 1 aromatic heterocycles. The van der Waals surface area contributed by atoms with Crippen molar-refractivity contribution < 1.29 is 9.47 Å². The Morgan fingerprint density at radius 3 is 2.26 bits per heavy atom. The quantitative estimate of drug-likeness (QED) is 0.411. The highest BCUT2D eigenvalue weighted by Crippen LogP contribution is 2.31. The zero-order valence-corrected chi connectivity index (χ0v) is 21.4. The van der Waals surface area contributed by atoms with E-state index >= 15 is 0 Å². The van der Waals surface area contributed by atoms with E-state index in [2.05, 4.69) is 75.1 Å². The molecule has 1 fully saturated rings. The maximum absolute atomic E-state index is 5.64. The Morgan fingerprint density at radius 1 is 0.941 bits per heavy atom. The van der Waals surface area contributed by atoms with E-state index in [1.807, 2.05) is 0 Å². The standard InChI is InChI=1S/C30H38N2O2/c1-6-24-9-8-10-25(7-2)30(24)28-19-26(20-33-5)27(22(4)31-28)18-23-11-12-29(21(3)17-23)32-13-15-34-16-14-32/h8-12,17,19H,6-7,13-16,18,20H2,1-5H3. The summed E-state index contributed by atoms with van der Waals surface area (Å²) in [5.74, 6) is 0. The van der Waals surface area contributed by atoms with E-state index < -0.39 is 0 Å². The van der Waals surface area contributed by atoms with Crippen LogP contribution in [0.4, 0.5) is 5.69 Å². The van der Waals surface area contributed by atoms with Crippen molar-refractivity contribution in [3.05, 3.63) is 81.5 Å². The lowest BCUT2D eigenvalue weighted by molar-refractivity contribution is 0.122. The Bertz CT molecular complexity index is 1110. The fourth-order valence-electron chi connectivity index (χ4n) is 5.18. The Morgan fingerprint density at radius 2 is 1.65 bits per heavy atom. The van der Waals surface area contributed by atoms with Crippen molar-refractivity contribution in [1.29, 1.82) is 0 Å². The zero-order valence-electron chi connectivity index (χ0n) is 21.4. The summed E-state index contributed by atoms with van der Waals surface area (Å²) in [4.78, 5) is 7.56. The summed E-state index contributed by atoms with van der Waals surface area (Å²) in [6, 6.07) is 15.8. The molecule has 0 radical (unpaired) electrons. The normalized spacial score (nSPS) is 14.0. The van der Waals surface area contributed by atoms with Crippen molar-refractivity contribution in [3.63, 3.8) is 0 Å². The monoisotopic (exact) mass is 458 g/mol. The zero-order chi connectivity index (χ0) is 24.1. The number of morpholine rings is 1. The van der Waals surface area contributed by atoms with Crippen LogP contribution in [0.15, 0.2) is 42.5 Å². The lowest BCUT2D eigenvalue weighted by Gasteiger charge is -2.30. The summed E-state index contributed by atoms with van der Waals surface area (Å²) >= 11 is 0. The molecule has 0 atom stereocenters. The first-order valence-corrected chi connectivity index (χ1v) is 12.6. The van der Waals surface area contributed by atoms with Gasteiger partial charge in [-0.15, -0.1) is 0 Å². The van der Waals surface area contributed by atoms with Gasteiger partial charge in [0.15, 0.2) is 0 Å². The maximum Gasteiger partial charge on any atom is 0.0717 e. The van der Waals surface area contributed by atoms with E-state index in [0.29, 0.717) is 6.61 Å². The van der Waals surface area contributed by atoms with Gasteiger partial charge >= 0.3 is 0 Å². The van der Waals surface area contributed by atoms with Gasteiger partial charge in [0.05, 0.1) is 25.5 Å². The largest absolute Gasteiger partial charge is 0.380 e. The minimum absolute atomic E-state index is 0.590. The number of hydrogen-bond acceptors (Lipinski definition) is 4. The van der Waals surface area contributed by atoms with E-state index in [1.165, 1.54) is 44.6 Å². The second-order valence-electron chi connectivity index (χ2n) is 9.22. The second kappa shape index (κ2) is 11.2. The van der Waals surface area contributed by atoms with E-state index in [0.717, 1.165) is 57.0 Å². The van der Waals surface area contributed by atoms with Gasteiger partial charge in [0.1, 0.15) is 0 Å². The summed E-state index contributed by atoms with van der Waals surface area (Å²) < 4.78 is 11.2. The molecule has 1 aliphatic heterocycles. The average Bonchev–Trinajstić information content (AvgIpc) is 2.86. The van der Waals surface area contributed by atoms with Gasteiger partial charge in [-0.3, -0.25) is 4.98 Å². The van der Waals surface area contributed by atoms with Crippen LogP contribution in [0.1, 0.15) is 52.9 Å². The molecule has 3 aromatic rings. The predicted octanol–water partition coefficient (Wildman–Crippen LogP) is 6.06. The van der Waals surface area contributed by atoms with Crippen LogP contribution < -0.4 is 4.90 Å².